The van der Waals surface area contributed by atoms with E-state index in [1.54, 1.807) is 36.5 Å². The second kappa shape index (κ2) is 7.99. The molecule has 1 heterocycles. The molecule has 0 unspecified atom stereocenters. The van der Waals surface area contributed by atoms with Gasteiger partial charge in [0.2, 0.25) is 0 Å². The fourth-order valence-electron chi connectivity index (χ4n) is 2.50. The van der Waals surface area contributed by atoms with Crippen LogP contribution in [0.5, 0.6) is 5.75 Å². The number of carbonyl (C=O) groups is 1. The number of rotatable bonds is 6. The topological polar surface area (TPSA) is 57.4 Å². The Bertz CT molecular complexity index is 938. The molecule has 5 nitrogen and oxygen atoms in total. The average Bonchev–Trinajstić information content (AvgIpc) is 3.02. The molecule has 0 saturated carbocycles. The zero-order valence-electron chi connectivity index (χ0n) is 14.5. The Morgan fingerprint density at radius 2 is 2.00 bits per heavy atom. The van der Waals surface area contributed by atoms with Gasteiger partial charge in [0, 0.05) is 28.7 Å². The normalized spacial score (nSPS) is 11.1. The number of aromatic nitrogens is 1. The van der Waals surface area contributed by atoms with E-state index < -0.39 is 0 Å². The molecule has 0 saturated heterocycles. The first kappa shape index (κ1) is 18.6. The van der Waals surface area contributed by atoms with Crippen molar-refractivity contribution >= 4 is 45.7 Å². The van der Waals surface area contributed by atoms with Gasteiger partial charge in [-0.2, -0.15) is 0 Å². The van der Waals surface area contributed by atoms with E-state index in [2.05, 4.69) is 10.3 Å². The van der Waals surface area contributed by atoms with Crippen LogP contribution in [0.4, 0.5) is 5.69 Å². The number of halogens is 2. The molecule has 2 N–H and O–H groups in total. The minimum absolute atomic E-state index is 0.328. The number of fused-ring (bicyclic) bond motifs is 1. The molecular formula is C19H19Cl2N3O2. The van der Waals surface area contributed by atoms with E-state index >= 15 is 0 Å². The van der Waals surface area contributed by atoms with Gasteiger partial charge in [-0.25, -0.2) is 0 Å². The molecule has 0 atom stereocenters. The van der Waals surface area contributed by atoms with E-state index in [1.807, 2.05) is 25.1 Å². The second-order valence-corrected chi connectivity index (χ2v) is 6.99. The Kier molecular flexibility index (Phi) is 5.71. The van der Waals surface area contributed by atoms with Gasteiger partial charge in [-0.15, -0.1) is 0 Å². The van der Waals surface area contributed by atoms with Gasteiger partial charge in [-0.05, 0) is 50.5 Å². The number of aromatic amines is 1. The Morgan fingerprint density at radius 3 is 2.77 bits per heavy atom. The summed E-state index contributed by atoms with van der Waals surface area (Å²) in [6, 6.07) is 10.5. The van der Waals surface area contributed by atoms with Gasteiger partial charge in [0.15, 0.2) is 0 Å². The predicted molar refractivity (Wildman–Crippen MR) is 107 cm³/mol. The van der Waals surface area contributed by atoms with Crippen LogP contribution < -0.4 is 10.1 Å². The number of hydrogen-bond donors (Lipinski definition) is 2. The molecule has 136 valence electrons. The lowest BCUT2D eigenvalue weighted by atomic mass is 10.1. The zero-order valence-corrected chi connectivity index (χ0v) is 16.0. The highest BCUT2D eigenvalue weighted by Crippen LogP contribution is 2.30. The van der Waals surface area contributed by atoms with Crippen LogP contribution >= 0.6 is 23.2 Å². The highest BCUT2D eigenvalue weighted by molar-refractivity contribution is 6.35. The molecule has 1 aromatic heterocycles. The van der Waals surface area contributed by atoms with Crippen molar-refractivity contribution in [3.63, 3.8) is 0 Å². The van der Waals surface area contributed by atoms with E-state index in [-0.39, 0.29) is 5.91 Å². The molecule has 3 rings (SSSR count). The number of carbonyl (C=O) groups excluding carboxylic acids is 1. The number of nitrogens with zero attached hydrogens (tertiary/aromatic N) is 1. The number of hydrogen-bond acceptors (Lipinski definition) is 3. The first-order valence-corrected chi connectivity index (χ1v) is 8.84. The van der Waals surface area contributed by atoms with Crippen molar-refractivity contribution in [2.45, 2.75) is 0 Å². The summed E-state index contributed by atoms with van der Waals surface area (Å²) in [5, 5.41) is 4.68. The Hall–Kier alpha value is -2.21. The molecule has 1 amide bonds. The standard InChI is InChI=1S/C19H19Cl2N3O2/c1-24(2)7-8-26-18-4-3-13(20)10-17(18)23-19(25)14-11-16-12(5-6-22-16)9-15(14)21/h3-6,9-11,22H,7-8H2,1-2H3,(H,23,25). The molecule has 3 aromatic rings. The lowest BCUT2D eigenvalue weighted by molar-refractivity contribution is 0.102. The molecule has 0 aliphatic carbocycles. The van der Waals surface area contributed by atoms with E-state index in [0.717, 1.165) is 17.4 Å². The van der Waals surface area contributed by atoms with Crippen LogP contribution in [0.3, 0.4) is 0 Å². The minimum atomic E-state index is -0.328. The summed E-state index contributed by atoms with van der Waals surface area (Å²) in [7, 11) is 3.93. The molecule has 0 radical (unpaired) electrons. The van der Waals surface area contributed by atoms with Crippen molar-refractivity contribution in [3.8, 4) is 5.75 Å². The Morgan fingerprint density at radius 1 is 1.19 bits per heavy atom. The van der Waals surface area contributed by atoms with Crippen molar-refractivity contribution < 1.29 is 9.53 Å². The summed E-state index contributed by atoms with van der Waals surface area (Å²) < 4.78 is 5.77. The van der Waals surface area contributed by atoms with Gasteiger partial charge in [-0.1, -0.05) is 23.2 Å². The Labute approximate surface area is 161 Å². The van der Waals surface area contributed by atoms with Gasteiger partial charge in [0.1, 0.15) is 12.4 Å². The molecule has 7 heteroatoms. The van der Waals surface area contributed by atoms with Crippen LogP contribution in [0.25, 0.3) is 10.9 Å². The smallest absolute Gasteiger partial charge is 0.257 e. The number of ether oxygens (including phenoxy) is 1. The number of likely N-dealkylation sites (N-methyl/N-ethyl adjacent to an activating group) is 1. The summed E-state index contributed by atoms with van der Waals surface area (Å²) in [6.45, 7) is 1.25. The van der Waals surface area contributed by atoms with Crippen LogP contribution in [0.15, 0.2) is 42.6 Å². The number of anilines is 1. The summed E-state index contributed by atoms with van der Waals surface area (Å²) >= 11 is 12.4. The average molecular weight is 392 g/mol. The molecule has 0 aliphatic heterocycles. The van der Waals surface area contributed by atoms with Gasteiger partial charge in [0.25, 0.3) is 5.91 Å². The van der Waals surface area contributed by atoms with Crippen LogP contribution in [-0.4, -0.2) is 43.0 Å². The first-order chi connectivity index (χ1) is 12.4. The minimum Gasteiger partial charge on any atom is -0.490 e. The van der Waals surface area contributed by atoms with E-state index in [4.69, 9.17) is 27.9 Å². The highest BCUT2D eigenvalue weighted by atomic mass is 35.5. The molecule has 0 bridgehead atoms. The number of amides is 1. The second-order valence-electron chi connectivity index (χ2n) is 6.14. The molecular weight excluding hydrogens is 373 g/mol. The van der Waals surface area contributed by atoms with Gasteiger partial charge in [0.05, 0.1) is 16.3 Å². The van der Waals surface area contributed by atoms with Gasteiger partial charge in [-0.3, -0.25) is 4.79 Å². The van der Waals surface area contributed by atoms with Crippen LogP contribution in [0, 0.1) is 0 Å². The molecule has 2 aromatic carbocycles. The third-order valence-corrected chi connectivity index (χ3v) is 4.42. The van der Waals surface area contributed by atoms with Crippen LogP contribution in [-0.2, 0) is 0 Å². The fourth-order valence-corrected chi connectivity index (χ4v) is 2.93. The summed E-state index contributed by atoms with van der Waals surface area (Å²) in [4.78, 5) is 17.8. The van der Waals surface area contributed by atoms with E-state index in [9.17, 15) is 4.79 Å². The largest absolute Gasteiger partial charge is 0.490 e. The molecule has 0 fully saturated rings. The van der Waals surface area contributed by atoms with Gasteiger partial charge < -0.3 is 19.9 Å². The van der Waals surface area contributed by atoms with Crippen LogP contribution in [0.1, 0.15) is 10.4 Å². The summed E-state index contributed by atoms with van der Waals surface area (Å²) in [6.07, 6.45) is 1.80. The van der Waals surface area contributed by atoms with E-state index in [0.29, 0.717) is 33.7 Å². The first-order valence-electron chi connectivity index (χ1n) is 8.09. The third-order valence-electron chi connectivity index (χ3n) is 3.87. The van der Waals surface area contributed by atoms with Crippen LogP contribution in [0.2, 0.25) is 10.0 Å². The lowest BCUT2D eigenvalue weighted by Crippen LogP contribution is -2.20. The monoisotopic (exact) mass is 391 g/mol. The van der Waals surface area contributed by atoms with E-state index in [1.165, 1.54) is 0 Å². The fraction of sp³-hybridized carbons (Fsp3) is 0.211. The molecule has 0 spiro atoms. The lowest BCUT2D eigenvalue weighted by Gasteiger charge is -2.15. The van der Waals surface area contributed by atoms with Crippen molar-refractivity contribution in [2.75, 3.05) is 32.6 Å². The molecule has 26 heavy (non-hydrogen) atoms. The maximum Gasteiger partial charge on any atom is 0.257 e. The van der Waals surface area contributed by atoms with Crippen molar-refractivity contribution in [2.24, 2.45) is 0 Å². The SMILES string of the molecule is CN(C)CCOc1ccc(Cl)cc1NC(=O)c1cc2[nH]ccc2cc1Cl. The number of nitrogens with one attached hydrogen (secondary N) is 2. The maximum atomic E-state index is 12.7. The highest BCUT2D eigenvalue weighted by Gasteiger charge is 2.15. The van der Waals surface area contributed by atoms with Crippen molar-refractivity contribution in [1.29, 1.82) is 0 Å². The number of benzene rings is 2. The Balaban J connectivity index is 1.83. The quantitative estimate of drug-likeness (QED) is 0.641. The zero-order chi connectivity index (χ0) is 18.7. The van der Waals surface area contributed by atoms with Gasteiger partial charge >= 0.3 is 0 Å². The summed E-state index contributed by atoms with van der Waals surface area (Å²) in [5.74, 6) is 0.230. The predicted octanol–water partition coefficient (Wildman–Crippen LogP) is 4.67. The summed E-state index contributed by atoms with van der Waals surface area (Å²) in [5.41, 5.74) is 1.72. The third kappa shape index (κ3) is 4.30. The number of H-pyrrole nitrogens is 1. The molecule has 0 aliphatic rings. The maximum absolute atomic E-state index is 12.7. The van der Waals surface area contributed by atoms with Crippen molar-refractivity contribution in [3.05, 3.63) is 58.2 Å². The van der Waals surface area contributed by atoms with Crippen molar-refractivity contribution in [1.82, 2.24) is 9.88 Å².